The average molecular weight is 238 g/mol. The SMILES string of the molecule is COC(=O)[C@@]1(C)[C@@H]2C(=O)C=C[C@@]21[Si](C)(C)C. The van der Waals surface area contributed by atoms with E-state index in [1.165, 1.54) is 7.11 Å². The lowest BCUT2D eigenvalue weighted by atomic mass is 10.0. The number of hydrogen-bond donors (Lipinski definition) is 0. The number of hydrogen-bond acceptors (Lipinski definition) is 3. The van der Waals surface area contributed by atoms with Crippen molar-refractivity contribution in [1.29, 1.82) is 0 Å². The number of rotatable bonds is 2. The van der Waals surface area contributed by atoms with Crippen LogP contribution in [0.1, 0.15) is 6.92 Å². The van der Waals surface area contributed by atoms with Gasteiger partial charge < -0.3 is 4.74 Å². The van der Waals surface area contributed by atoms with Gasteiger partial charge in [-0.2, -0.15) is 0 Å². The average Bonchev–Trinajstić information content (AvgIpc) is 2.54. The highest BCUT2D eigenvalue weighted by molar-refractivity contribution is 6.82. The van der Waals surface area contributed by atoms with Crippen molar-refractivity contribution in [1.82, 2.24) is 0 Å². The Hall–Kier alpha value is -0.903. The summed E-state index contributed by atoms with van der Waals surface area (Å²) in [7, 11) is -0.242. The van der Waals surface area contributed by atoms with Crippen LogP contribution in [-0.4, -0.2) is 26.9 Å². The molecule has 3 atom stereocenters. The Morgan fingerprint density at radius 2 is 2.00 bits per heavy atom. The van der Waals surface area contributed by atoms with Gasteiger partial charge in [0.15, 0.2) is 5.78 Å². The molecule has 0 amide bonds. The molecule has 3 nitrogen and oxygen atoms in total. The molecule has 0 spiro atoms. The Bertz CT molecular complexity index is 407. The van der Waals surface area contributed by atoms with Crippen LogP contribution in [0.3, 0.4) is 0 Å². The first-order valence-corrected chi connectivity index (χ1v) is 9.05. The van der Waals surface area contributed by atoms with E-state index in [2.05, 4.69) is 19.6 Å². The quantitative estimate of drug-likeness (QED) is 0.546. The standard InChI is InChI=1S/C12H18O3Si/c1-11(10(14)15-2)9-8(13)6-7-12(9,11)16(3,4)5/h6-7,9H,1-5H3/t9-,11+,12+/m0/s1. The molecule has 0 radical (unpaired) electrons. The molecule has 2 rings (SSSR count). The summed E-state index contributed by atoms with van der Waals surface area (Å²) >= 11 is 0. The third-order valence-electron chi connectivity index (χ3n) is 4.45. The second-order valence-corrected chi connectivity index (χ2v) is 11.3. The minimum Gasteiger partial charge on any atom is -0.469 e. The smallest absolute Gasteiger partial charge is 0.312 e. The topological polar surface area (TPSA) is 43.4 Å². The lowest BCUT2D eigenvalue weighted by Gasteiger charge is -2.29. The van der Waals surface area contributed by atoms with Gasteiger partial charge in [-0.25, -0.2) is 0 Å². The Balaban J connectivity index is 2.51. The predicted molar refractivity (Wildman–Crippen MR) is 63.8 cm³/mol. The van der Waals surface area contributed by atoms with Gasteiger partial charge in [0.05, 0.1) is 20.6 Å². The van der Waals surface area contributed by atoms with Crippen LogP contribution in [0.4, 0.5) is 0 Å². The molecule has 0 unspecified atom stereocenters. The van der Waals surface area contributed by atoms with E-state index in [-0.39, 0.29) is 22.7 Å². The van der Waals surface area contributed by atoms with Crippen molar-refractivity contribution in [3.63, 3.8) is 0 Å². The molecule has 2 aliphatic carbocycles. The number of ketones is 1. The maximum Gasteiger partial charge on any atom is 0.312 e. The van der Waals surface area contributed by atoms with Gasteiger partial charge in [0.1, 0.15) is 0 Å². The molecule has 0 bridgehead atoms. The third kappa shape index (κ3) is 0.942. The predicted octanol–water partition coefficient (Wildman–Crippen LogP) is 2.01. The minimum atomic E-state index is -1.64. The second-order valence-electron chi connectivity index (χ2n) is 5.98. The van der Waals surface area contributed by atoms with Crippen LogP contribution in [-0.2, 0) is 14.3 Å². The summed E-state index contributed by atoms with van der Waals surface area (Å²) in [6.45, 7) is 8.49. The Morgan fingerprint density at radius 3 is 2.38 bits per heavy atom. The fourth-order valence-electron chi connectivity index (χ4n) is 3.70. The van der Waals surface area contributed by atoms with Crippen LogP contribution < -0.4 is 0 Å². The first-order chi connectivity index (χ1) is 7.23. The van der Waals surface area contributed by atoms with E-state index in [0.29, 0.717) is 0 Å². The van der Waals surface area contributed by atoms with E-state index in [4.69, 9.17) is 4.74 Å². The van der Waals surface area contributed by atoms with Crippen LogP contribution >= 0.6 is 0 Å². The number of carbonyl (C=O) groups excluding carboxylic acids is 2. The molecule has 0 aliphatic heterocycles. The van der Waals surface area contributed by atoms with Crippen molar-refractivity contribution in [2.75, 3.05) is 7.11 Å². The van der Waals surface area contributed by atoms with E-state index >= 15 is 0 Å². The zero-order valence-corrected chi connectivity index (χ0v) is 11.5. The van der Waals surface area contributed by atoms with E-state index in [0.717, 1.165) is 0 Å². The van der Waals surface area contributed by atoms with Crippen molar-refractivity contribution in [2.24, 2.45) is 11.3 Å². The van der Waals surface area contributed by atoms with Crippen molar-refractivity contribution >= 4 is 19.8 Å². The fraction of sp³-hybridized carbons (Fsp3) is 0.667. The highest BCUT2D eigenvalue weighted by Gasteiger charge is 2.84. The van der Waals surface area contributed by atoms with Crippen LogP contribution in [0.5, 0.6) is 0 Å². The van der Waals surface area contributed by atoms with E-state index in [9.17, 15) is 9.59 Å². The van der Waals surface area contributed by atoms with Gasteiger partial charge in [0.2, 0.25) is 0 Å². The van der Waals surface area contributed by atoms with Crippen molar-refractivity contribution in [3.05, 3.63) is 12.2 Å². The highest BCUT2D eigenvalue weighted by Crippen LogP contribution is 2.82. The minimum absolute atomic E-state index is 0.0929. The number of carbonyl (C=O) groups is 2. The lowest BCUT2D eigenvalue weighted by molar-refractivity contribution is -0.148. The fourth-order valence-corrected chi connectivity index (χ4v) is 7.31. The van der Waals surface area contributed by atoms with Crippen LogP contribution in [0, 0.1) is 11.3 Å². The summed E-state index contributed by atoms with van der Waals surface area (Å²) in [4.78, 5) is 23.8. The molecule has 0 saturated heterocycles. The van der Waals surface area contributed by atoms with Gasteiger partial charge in [-0.15, -0.1) is 0 Å². The molecular weight excluding hydrogens is 220 g/mol. The zero-order chi connectivity index (χ0) is 12.4. The second kappa shape index (κ2) is 2.86. The molecule has 1 fully saturated rings. The van der Waals surface area contributed by atoms with Gasteiger partial charge in [0, 0.05) is 11.0 Å². The highest BCUT2D eigenvalue weighted by atomic mass is 28.3. The number of fused-ring (bicyclic) bond motifs is 1. The molecule has 16 heavy (non-hydrogen) atoms. The maximum atomic E-state index is 11.9. The van der Waals surface area contributed by atoms with E-state index in [1.807, 2.05) is 13.0 Å². The Morgan fingerprint density at radius 1 is 1.44 bits per heavy atom. The molecule has 1 saturated carbocycles. The van der Waals surface area contributed by atoms with Crippen LogP contribution in [0.15, 0.2) is 12.2 Å². The number of methoxy groups -OCH3 is 1. The first kappa shape index (κ1) is 11.6. The first-order valence-electron chi connectivity index (χ1n) is 5.55. The Labute approximate surface area is 96.9 Å². The largest absolute Gasteiger partial charge is 0.469 e. The number of allylic oxidation sites excluding steroid dienone is 2. The molecule has 0 N–H and O–H groups in total. The monoisotopic (exact) mass is 238 g/mol. The van der Waals surface area contributed by atoms with Crippen LogP contribution in [0.2, 0.25) is 24.7 Å². The van der Waals surface area contributed by atoms with Gasteiger partial charge in [-0.05, 0) is 13.0 Å². The van der Waals surface area contributed by atoms with Crippen molar-refractivity contribution < 1.29 is 14.3 Å². The van der Waals surface area contributed by atoms with Gasteiger partial charge >= 0.3 is 5.97 Å². The zero-order valence-electron chi connectivity index (χ0n) is 10.5. The summed E-state index contributed by atoms with van der Waals surface area (Å²) in [5, 5.41) is -0.218. The normalized spacial score (nSPS) is 40.8. The summed E-state index contributed by atoms with van der Waals surface area (Å²) in [6, 6.07) is 0. The van der Waals surface area contributed by atoms with Gasteiger partial charge in [0.25, 0.3) is 0 Å². The van der Waals surface area contributed by atoms with Crippen molar-refractivity contribution in [3.8, 4) is 0 Å². The van der Waals surface area contributed by atoms with E-state index in [1.54, 1.807) is 6.08 Å². The van der Waals surface area contributed by atoms with E-state index < -0.39 is 13.5 Å². The number of ether oxygens (including phenoxy) is 1. The third-order valence-corrected chi connectivity index (χ3v) is 7.91. The van der Waals surface area contributed by atoms with Crippen molar-refractivity contribution in [2.45, 2.75) is 31.6 Å². The molecule has 0 aromatic carbocycles. The summed E-state index contributed by atoms with van der Waals surface area (Å²) in [6.07, 6.45) is 3.62. The summed E-state index contributed by atoms with van der Waals surface area (Å²) < 4.78 is 4.88. The van der Waals surface area contributed by atoms with Gasteiger partial charge in [-0.1, -0.05) is 25.7 Å². The molecule has 0 aromatic heterocycles. The van der Waals surface area contributed by atoms with Gasteiger partial charge in [-0.3, -0.25) is 9.59 Å². The van der Waals surface area contributed by atoms with Crippen LogP contribution in [0.25, 0.3) is 0 Å². The summed E-state index contributed by atoms with van der Waals surface area (Å²) in [5.41, 5.74) is -0.613. The molecule has 0 aromatic rings. The molecule has 0 heterocycles. The Kier molecular flexibility index (Phi) is 2.07. The summed E-state index contributed by atoms with van der Waals surface area (Å²) in [5.74, 6) is -0.313. The lowest BCUT2D eigenvalue weighted by Crippen LogP contribution is -2.35. The molecular formula is C12H18O3Si. The molecule has 2 aliphatic rings. The molecule has 4 heteroatoms. The number of esters is 1. The molecule has 88 valence electrons. The maximum absolute atomic E-state index is 11.9.